The molecule has 0 saturated heterocycles. The van der Waals surface area contributed by atoms with Crippen LogP contribution in [-0.4, -0.2) is 67.5 Å². The number of nitrogens with zero attached hydrogens (tertiary/aromatic N) is 2. The molecule has 0 bridgehead atoms. The summed E-state index contributed by atoms with van der Waals surface area (Å²) >= 11 is 0. The van der Waals surface area contributed by atoms with Gasteiger partial charge in [0.2, 0.25) is 0 Å². The molecule has 0 spiro atoms. The topological polar surface area (TPSA) is 79.3 Å². The minimum absolute atomic E-state index is 0.0558. The Morgan fingerprint density at radius 3 is 2.53 bits per heavy atom. The smallest absolute Gasteiger partial charge is 0.290 e. The van der Waals surface area contributed by atoms with Crippen LogP contribution in [0, 0.1) is 0 Å². The predicted molar refractivity (Wildman–Crippen MR) is 132 cm³/mol. The number of aliphatic hydroxyl groups excluding tert-OH is 1. The zero-order valence-electron chi connectivity index (χ0n) is 20.2. The quantitative estimate of drug-likeness (QED) is 0.506. The molecule has 0 saturated carbocycles. The monoisotopic (exact) mass is 464 g/mol. The van der Waals surface area contributed by atoms with Crippen LogP contribution in [0.5, 0.6) is 11.5 Å². The fourth-order valence-electron chi connectivity index (χ4n) is 3.80. The number of carbonyl (C=O) groups is 2. The lowest BCUT2D eigenvalue weighted by Crippen LogP contribution is -2.36. The van der Waals surface area contributed by atoms with Gasteiger partial charge in [-0.05, 0) is 49.9 Å². The van der Waals surface area contributed by atoms with Crippen molar-refractivity contribution in [1.29, 1.82) is 0 Å². The first-order valence-electron chi connectivity index (χ1n) is 11.3. The van der Waals surface area contributed by atoms with Gasteiger partial charge in [0.15, 0.2) is 23.0 Å². The molecule has 1 aliphatic rings. The van der Waals surface area contributed by atoms with Gasteiger partial charge in [-0.1, -0.05) is 49.4 Å². The number of likely N-dealkylation sites (N-methyl/N-ethyl adjacent to an activating group) is 1. The van der Waals surface area contributed by atoms with E-state index in [0.717, 1.165) is 12.0 Å². The van der Waals surface area contributed by atoms with Crippen molar-refractivity contribution in [3.63, 3.8) is 0 Å². The maximum Gasteiger partial charge on any atom is 0.290 e. The summed E-state index contributed by atoms with van der Waals surface area (Å²) in [5.74, 6) is -0.408. The molecular formula is C27H32N2O5. The molecule has 2 aromatic rings. The number of allylic oxidation sites excluding steroid dienone is 1. The van der Waals surface area contributed by atoms with Crippen molar-refractivity contribution in [2.75, 3.05) is 40.9 Å². The van der Waals surface area contributed by atoms with Crippen molar-refractivity contribution in [3.05, 3.63) is 77.1 Å². The highest BCUT2D eigenvalue weighted by Gasteiger charge is 2.43. The Hall–Kier alpha value is -3.58. The summed E-state index contributed by atoms with van der Waals surface area (Å²) in [6.45, 7) is 3.48. The largest absolute Gasteiger partial charge is 0.503 e. The van der Waals surface area contributed by atoms with Crippen molar-refractivity contribution in [2.24, 2.45) is 0 Å². The number of benzene rings is 2. The number of aliphatic hydroxyl groups is 1. The molecule has 0 fully saturated rings. The van der Waals surface area contributed by atoms with Crippen LogP contribution in [0.15, 0.2) is 65.9 Å². The van der Waals surface area contributed by atoms with Crippen LogP contribution in [0.2, 0.25) is 0 Å². The lowest BCUT2D eigenvalue weighted by molar-refractivity contribution is -0.129. The molecule has 1 amide bonds. The van der Waals surface area contributed by atoms with E-state index in [0.29, 0.717) is 36.8 Å². The first-order chi connectivity index (χ1) is 16.4. The van der Waals surface area contributed by atoms with E-state index in [9.17, 15) is 14.7 Å². The van der Waals surface area contributed by atoms with Crippen LogP contribution in [0.1, 0.15) is 30.5 Å². The van der Waals surface area contributed by atoms with Crippen molar-refractivity contribution >= 4 is 17.8 Å². The van der Waals surface area contributed by atoms with E-state index in [1.54, 1.807) is 31.4 Å². The second kappa shape index (κ2) is 11.5. The van der Waals surface area contributed by atoms with E-state index >= 15 is 0 Å². The number of methoxy groups -OCH3 is 1. The average Bonchev–Trinajstić information content (AvgIpc) is 3.10. The second-order valence-electron chi connectivity index (χ2n) is 8.33. The first kappa shape index (κ1) is 25.1. The van der Waals surface area contributed by atoms with Crippen LogP contribution >= 0.6 is 0 Å². The van der Waals surface area contributed by atoms with Crippen LogP contribution in [0.4, 0.5) is 0 Å². The molecule has 180 valence electrons. The Morgan fingerprint density at radius 1 is 1.15 bits per heavy atom. The van der Waals surface area contributed by atoms with E-state index in [2.05, 4.69) is 0 Å². The summed E-state index contributed by atoms with van der Waals surface area (Å²) in [5.41, 5.74) is 1.56. The number of carbonyl (C=O) groups excluding carboxylic acids is 2. The fraction of sp³-hybridized carbons (Fsp3) is 0.333. The van der Waals surface area contributed by atoms with Gasteiger partial charge >= 0.3 is 0 Å². The zero-order valence-corrected chi connectivity index (χ0v) is 20.2. The molecule has 0 aliphatic carbocycles. The lowest BCUT2D eigenvalue weighted by atomic mass is 9.95. The third-order valence-electron chi connectivity index (χ3n) is 5.55. The lowest BCUT2D eigenvalue weighted by Gasteiger charge is -2.28. The standard InChI is InChI=1S/C27H32N2O5/c1-5-17-34-22-14-12-20(18-23(22)33-4)25-24(21(30)13-11-19-9-7-6-8-10-19)26(31)27(32)29(25)16-15-28(2)3/h6-14,18,25,31H,5,15-17H2,1-4H3/b13-11+. The maximum atomic E-state index is 13.3. The van der Waals surface area contributed by atoms with Gasteiger partial charge in [0.1, 0.15) is 0 Å². The highest BCUT2D eigenvalue weighted by atomic mass is 16.5. The van der Waals surface area contributed by atoms with Crippen LogP contribution in [0.25, 0.3) is 6.08 Å². The normalized spacial score (nSPS) is 16.1. The fourth-order valence-corrected chi connectivity index (χ4v) is 3.80. The summed E-state index contributed by atoms with van der Waals surface area (Å²) < 4.78 is 11.3. The number of amides is 1. The molecule has 1 aliphatic heterocycles. The number of ketones is 1. The van der Waals surface area contributed by atoms with Gasteiger partial charge < -0.3 is 24.4 Å². The summed E-state index contributed by atoms with van der Waals surface area (Å²) in [7, 11) is 5.35. The van der Waals surface area contributed by atoms with E-state index in [-0.39, 0.29) is 5.57 Å². The Bertz CT molecular complexity index is 1080. The summed E-state index contributed by atoms with van der Waals surface area (Å²) in [5, 5.41) is 10.8. The summed E-state index contributed by atoms with van der Waals surface area (Å²) in [4.78, 5) is 29.7. The number of hydrogen-bond donors (Lipinski definition) is 1. The van der Waals surface area contributed by atoms with Crippen LogP contribution < -0.4 is 9.47 Å². The molecule has 0 radical (unpaired) electrons. The minimum Gasteiger partial charge on any atom is -0.503 e. The summed E-state index contributed by atoms with van der Waals surface area (Å²) in [6.07, 6.45) is 3.92. The number of ether oxygens (including phenoxy) is 2. The van der Waals surface area contributed by atoms with Gasteiger partial charge in [-0.25, -0.2) is 0 Å². The SMILES string of the molecule is CCCOc1ccc(C2C(C(=O)/C=C/c3ccccc3)=C(O)C(=O)N2CCN(C)C)cc1OC. The predicted octanol–water partition coefficient (Wildman–Crippen LogP) is 4.02. The van der Waals surface area contributed by atoms with Crippen molar-refractivity contribution in [3.8, 4) is 11.5 Å². The van der Waals surface area contributed by atoms with E-state index < -0.39 is 23.5 Å². The minimum atomic E-state index is -0.741. The molecule has 1 N–H and O–H groups in total. The molecule has 7 heteroatoms. The van der Waals surface area contributed by atoms with Crippen molar-refractivity contribution < 1.29 is 24.2 Å². The highest BCUT2D eigenvalue weighted by Crippen LogP contribution is 2.41. The maximum absolute atomic E-state index is 13.3. The first-order valence-corrected chi connectivity index (χ1v) is 11.3. The molecule has 34 heavy (non-hydrogen) atoms. The molecule has 2 aromatic carbocycles. The van der Waals surface area contributed by atoms with Gasteiger partial charge in [0.05, 0.1) is 25.3 Å². The van der Waals surface area contributed by atoms with Gasteiger partial charge in [-0.2, -0.15) is 0 Å². The number of hydrogen-bond acceptors (Lipinski definition) is 6. The summed E-state index contributed by atoms with van der Waals surface area (Å²) in [6, 6.07) is 14.0. The highest BCUT2D eigenvalue weighted by molar-refractivity contribution is 6.14. The van der Waals surface area contributed by atoms with Crippen molar-refractivity contribution in [1.82, 2.24) is 9.80 Å². The molecule has 3 rings (SSSR count). The van der Waals surface area contributed by atoms with Gasteiger partial charge in [-0.3, -0.25) is 9.59 Å². The second-order valence-corrected chi connectivity index (χ2v) is 8.33. The van der Waals surface area contributed by atoms with Crippen LogP contribution in [0.3, 0.4) is 0 Å². The Morgan fingerprint density at radius 2 is 1.88 bits per heavy atom. The molecular weight excluding hydrogens is 432 g/mol. The van der Waals surface area contributed by atoms with Gasteiger partial charge in [0.25, 0.3) is 5.91 Å². The zero-order chi connectivity index (χ0) is 24.7. The number of rotatable bonds is 11. The van der Waals surface area contributed by atoms with Crippen LogP contribution in [-0.2, 0) is 9.59 Å². The third kappa shape index (κ3) is 5.66. The van der Waals surface area contributed by atoms with Gasteiger partial charge in [-0.15, -0.1) is 0 Å². The third-order valence-corrected chi connectivity index (χ3v) is 5.55. The Balaban J connectivity index is 2.01. The van der Waals surface area contributed by atoms with E-state index in [4.69, 9.17) is 9.47 Å². The molecule has 7 nitrogen and oxygen atoms in total. The van der Waals surface area contributed by atoms with Gasteiger partial charge in [0, 0.05) is 13.1 Å². The molecule has 1 heterocycles. The molecule has 0 aromatic heterocycles. The van der Waals surface area contributed by atoms with Crippen molar-refractivity contribution in [2.45, 2.75) is 19.4 Å². The molecule has 1 unspecified atom stereocenters. The Labute approximate surface area is 200 Å². The van der Waals surface area contributed by atoms with E-state index in [1.807, 2.05) is 56.3 Å². The molecule has 1 atom stereocenters. The average molecular weight is 465 g/mol. The Kier molecular flexibility index (Phi) is 8.49. The van der Waals surface area contributed by atoms with E-state index in [1.165, 1.54) is 11.0 Å².